The number of ether oxygens (including phenoxy) is 1. The van der Waals surface area contributed by atoms with Gasteiger partial charge in [-0.2, -0.15) is 0 Å². The highest BCUT2D eigenvalue weighted by Gasteiger charge is 2.24. The maximum Gasteiger partial charge on any atom is 0.227 e. The van der Waals surface area contributed by atoms with E-state index < -0.39 is 0 Å². The Morgan fingerprint density at radius 3 is 2.30 bits per heavy atom. The van der Waals surface area contributed by atoms with Gasteiger partial charge in [0.15, 0.2) is 0 Å². The third-order valence-electron chi connectivity index (χ3n) is 4.07. The summed E-state index contributed by atoms with van der Waals surface area (Å²) in [5, 5.41) is 0. The Morgan fingerprint density at radius 1 is 1.13 bits per heavy atom. The van der Waals surface area contributed by atoms with E-state index in [4.69, 9.17) is 10.5 Å². The zero-order chi connectivity index (χ0) is 16.8. The van der Waals surface area contributed by atoms with Crippen LogP contribution in [0, 0.1) is 5.92 Å². The van der Waals surface area contributed by atoms with Crippen molar-refractivity contribution >= 4 is 5.91 Å². The molecule has 0 radical (unpaired) electrons. The number of benzene rings is 2. The average Bonchev–Trinajstić information content (AvgIpc) is 2.61. The van der Waals surface area contributed by atoms with E-state index in [2.05, 4.69) is 0 Å². The van der Waals surface area contributed by atoms with Crippen LogP contribution in [0.1, 0.15) is 24.1 Å². The van der Waals surface area contributed by atoms with Crippen molar-refractivity contribution in [1.82, 2.24) is 4.90 Å². The first-order valence-electron chi connectivity index (χ1n) is 7.71. The number of rotatable bonds is 6. The van der Waals surface area contributed by atoms with Gasteiger partial charge in [0.1, 0.15) is 5.75 Å². The molecule has 2 atom stereocenters. The predicted octanol–water partition coefficient (Wildman–Crippen LogP) is 2.99. The normalized spacial score (nSPS) is 13.2. The predicted molar refractivity (Wildman–Crippen MR) is 92.0 cm³/mol. The highest BCUT2D eigenvalue weighted by molar-refractivity contribution is 5.79. The fraction of sp³-hybridized carbons (Fsp3) is 0.316. The molecule has 0 aliphatic carbocycles. The second kappa shape index (κ2) is 7.79. The molecule has 2 rings (SSSR count). The maximum absolute atomic E-state index is 12.6. The Kier molecular flexibility index (Phi) is 5.77. The van der Waals surface area contributed by atoms with Crippen LogP contribution in [0.3, 0.4) is 0 Å². The first kappa shape index (κ1) is 17.0. The molecule has 2 N–H and O–H groups in total. The number of hydrogen-bond acceptors (Lipinski definition) is 3. The standard InChI is InChI=1S/C19H24N2O2/c1-14(18(20)16-7-5-4-6-8-16)19(22)21(2)13-15-9-11-17(23-3)12-10-15/h4-12,14,18H,13,20H2,1-3H3. The second-order valence-corrected chi connectivity index (χ2v) is 5.77. The Morgan fingerprint density at radius 2 is 1.74 bits per heavy atom. The lowest BCUT2D eigenvalue weighted by Gasteiger charge is -2.25. The largest absolute Gasteiger partial charge is 0.497 e. The topological polar surface area (TPSA) is 55.6 Å². The first-order chi connectivity index (χ1) is 11.0. The Bertz CT molecular complexity index is 626. The van der Waals surface area contributed by atoms with Crippen molar-refractivity contribution in [2.75, 3.05) is 14.2 Å². The SMILES string of the molecule is COc1ccc(CN(C)C(=O)C(C)C(N)c2ccccc2)cc1. The van der Waals surface area contributed by atoms with E-state index in [1.807, 2.05) is 61.5 Å². The zero-order valence-electron chi connectivity index (χ0n) is 13.9. The summed E-state index contributed by atoms with van der Waals surface area (Å²) in [6.45, 7) is 2.43. The van der Waals surface area contributed by atoms with Gasteiger partial charge in [-0.15, -0.1) is 0 Å². The van der Waals surface area contributed by atoms with Crippen LogP contribution in [0.15, 0.2) is 54.6 Å². The number of amides is 1. The van der Waals surface area contributed by atoms with Crippen molar-refractivity contribution in [3.63, 3.8) is 0 Å². The summed E-state index contributed by atoms with van der Waals surface area (Å²) in [6.07, 6.45) is 0. The molecule has 122 valence electrons. The van der Waals surface area contributed by atoms with E-state index in [1.165, 1.54) is 0 Å². The molecular weight excluding hydrogens is 288 g/mol. The van der Waals surface area contributed by atoms with Crippen LogP contribution in [-0.2, 0) is 11.3 Å². The molecule has 0 aromatic heterocycles. The number of hydrogen-bond donors (Lipinski definition) is 1. The van der Waals surface area contributed by atoms with Crippen molar-refractivity contribution in [3.8, 4) is 5.75 Å². The average molecular weight is 312 g/mol. The van der Waals surface area contributed by atoms with Gasteiger partial charge in [-0.3, -0.25) is 4.79 Å². The van der Waals surface area contributed by atoms with Gasteiger partial charge in [0.05, 0.1) is 13.0 Å². The molecule has 0 fully saturated rings. The van der Waals surface area contributed by atoms with Gasteiger partial charge in [0.25, 0.3) is 0 Å². The van der Waals surface area contributed by atoms with E-state index in [0.717, 1.165) is 16.9 Å². The summed E-state index contributed by atoms with van der Waals surface area (Å²) in [7, 11) is 3.44. The van der Waals surface area contributed by atoms with Crippen LogP contribution in [0.2, 0.25) is 0 Å². The van der Waals surface area contributed by atoms with Gasteiger partial charge in [-0.05, 0) is 23.3 Å². The molecule has 0 aliphatic rings. The zero-order valence-corrected chi connectivity index (χ0v) is 13.9. The summed E-state index contributed by atoms with van der Waals surface area (Å²) < 4.78 is 5.14. The number of carbonyl (C=O) groups is 1. The van der Waals surface area contributed by atoms with E-state index >= 15 is 0 Å². The molecule has 0 saturated carbocycles. The van der Waals surface area contributed by atoms with Crippen LogP contribution >= 0.6 is 0 Å². The molecule has 0 bridgehead atoms. The van der Waals surface area contributed by atoms with E-state index in [1.54, 1.807) is 19.1 Å². The lowest BCUT2D eigenvalue weighted by atomic mass is 9.94. The lowest BCUT2D eigenvalue weighted by Crippen LogP contribution is -2.36. The van der Waals surface area contributed by atoms with Crippen molar-refractivity contribution in [2.45, 2.75) is 19.5 Å². The fourth-order valence-electron chi connectivity index (χ4n) is 2.55. The number of carbonyl (C=O) groups excluding carboxylic acids is 1. The van der Waals surface area contributed by atoms with Crippen LogP contribution in [0.5, 0.6) is 5.75 Å². The van der Waals surface area contributed by atoms with Crippen LogP contribution in [0.25, 0.3) is 0 Å². The van der Waals surface area contributed by atoms with Gasteiger partial charge in [0.2, 0.25) is 5.91 Å². The van der Waals surface area contributed by atoms with Crippen LogP contribution in [-0.4, -0.2) is 25.0 Å². The number of nitrogens with two attached hydrogens (primary N) is 1. The molecule has 2 aromatic rings. The molecule has 4 nitrogen and oxygen atoms in total. The summed E-state index contributed by atoms with van der Waals surface area (Å²) in [6, 6.07) is 17.1. The van der Waals surface area contributed by atoms with Crippen molar-refractivity contribution in [1.29, 1.82) is 0 Å². The maximum atomic E-state index is 12.6. The molecule has 0 spiro atoms. The van der Waals surface area contributed by atoms with Crippen molar-refractivity contribution in [2.24, 2.45) is 11.7 Å². The van der Waals surface area contributed by atoms with Crippen molar-refractivity contribution in [3.05, 3.63) is 65.7 Å². The quantitative estimate of drug-likeness (QED) is 0.892. The molecule has 23 heavy (non-hydrogen) atoms. The molecule has 0 aliphatic heterocycles. The highest BCUT2D eigenvalue weighted by Crippen LogP contribution is 2.21. The van der Waals surface area contributed by atoms with Gasteiger partial charge >= 0.3 is 0 Å². The van der Waals surface area contributed by atoms with Crippen LogP contribution < -0.4 is 10.5 Å². The monoisotopic (exact) mass is 312 g/mol. The third kappa shape index (κ3) is 4.33. The first-order valence-corrected chi connectivity index (χ1v) is 7.71. The molecular formula is C19H24N2O2. The third-order valence-corrected chi connectivity index (χ3v) is 4.07. The molecule has 2 unspecified atom stereocenters. The second-order valence-electron chi connectivity index (χ2n) is 5.77. The molecule has 0 saturated heterocycles. The Balaban J connectivity index is 2.00. The minimum absolute atomic E-state index is 0.0390. The van der Waals surface area contributed by atoms with E-state index in [-0.39, 0.29) is 17.9 Å². The summed E-state index contributed by atoms with van der Waals surface area (Å²) in [5.41, 5.74) is 8.28. The van der Waals surface area contributed by atoms with Gasteiger partial charge in [0, 0.05) is 19.6 Å². The molecule has 4 heteroatoms. The van der Waals surface area contributed by atoms with Crippen molar-refractivity contribution < 1.29 is 9.53 Å². The Labute approximate surface area is 137 Å². The summed E-state index contributed by atoms with van der Waals surface area (Å²) >= 11 is 0. The van der Waals surface area contributed by atoms with Crippen LogP contribution in [0.4, 0.5) is 0 Å². The smallest absolute Gasteiger partial charge is 0.227 e. The van der Waals surface area contributed by atoms with E-state index in [0.29, 0.717) is 6.54 Å². The van der Waals surface area contributed by atoms with Gasteiger partial charge in [-0.25, -0.2) is 0 Å². The fourth-order valence-corrected chi connectivity index (χ4v) is 2.55. The minimum atomic E-state index is -0.304. The summed E-state index contributed by atoms with van der Waals surface area (Å²) in [4.78, 5) is 14.3. The minimum Gasteiger partial charge on any atom is -0.497 e. The number of methoxy groups -OCH3 is 1. The number of nitrogens with zero attached hydrogens (tertiary/aromatic N) is 1. The van der Waals surface area contributed by atoms with Gasteiger partial charge < -0.3 is 15.4 Å². The highest BCUT2D eigenvalue weighted by atomic mass is 16.5. The van der Waals surface area contributed by atoms with Gasteiger partial charge in [-0.1, -0.05) is 49.4 Å². The molecule has 1 amide bonds. The molecule has 0 heterocycles. The lowest BCUT2D eigenvalue weighted by molar-refractivity contribution is -0.134. The molecule has 2 aromatic carbocycles. The Hall–Kier alpha value is -2.33. The van der Waals surface area contributed by atoms with E-state index in [9.17, 15) is 4.79 Å². The summed E-state index contributed by atoms with van der Waals surface area (Å²) in [5.74, 6) is 0.569.